The minimum absolute atomic E-state index is 0.831. The van der Waals surface area contributed by atoms with Crippen LogP contribution in [0.2, 0.25) is 0 Å². The maximum Gasteiger partial charge on any atom is 0.159 e. The van der Waals surface area contributed by atoms with Crippen LogP contribution in [-0.2, 0) is 0 Å². The quantitative estimate of drug-likeness (QED) is 0.148. The van der Waals surface area contributed by atoms with Gasteiger partial charge in [0.1, 0.15) is 5.58 Å². The van der Waals surface area contributed by atoms with Crippen LogP contribution in [-0.4, -0.2) is 0 Å². The number of nitrogens with zero attached hydrogens (tertiary/aromatic N) is 1. The summed E-state index contributed by atoms with van der Waals surface area (Å²) in [4.78, 5) is 2.43. The van der Waals surface area contributed by atoms with Gasteiger partial charge in [-0.15, -0.1) is 0 Å². The first-order valence-corrected chi connectivity index (χ1v) is 24.1. The smallest absolute Gasteiger partial charge is 0.159 e. The molecule has 0 fully saturated rings. The van der Waals surface area contributed by atoms with E-state index in [0.717, 1.165) is 66.8 Å². The summed E-state index contributed by atoms with van der Waals surface area (Å²) in [7, 11) is 0. The van der Waals surface area contributed by atoms with Crippen molar-refractivity contribution in [2.24, 2.45) is 0 Å². The summed E-state index contributed by atoms with van der Waals surface area (Å²) in [6.45, 7) is 0. The fraction of sp³-hybridized carbons (Fsp3) is 0. The predicted octanol–water partition coefficient (Wildman–Crippen LogP) is 19.5. The zero-order valence-electron chi connectivity index (χ0n) is 38.2. The summed E-state index contributed by atoms with van der Waals surface area (Å²) in [6.07, 6.45) is 0. The molecule has 70 heavy (non-hydrogen) atoms. The van der Waals surface area contributed by atoms with Crippen molar-refractivity contribution in [3.05, 3.63) is 261 Å². The number of anilines is 3. The third-order valence-electron chi connectivity index (χ3n) is 14.4. The first kappa shape index (κ1) is 39.9. The molecule has 0 amide bonds. The van der Waals surface area contributed by atoms with Crippen LogP contribution in [0.15, 0.2) is 265 Å². The molecule has 2 nitrogen and oxygen atoms in total. The highest BCUT2D eigenvalue weighted by atomic mass is 16.3. The van der Waals surface area contributed by atoms with E-state index in [2.05, 4.69) is 266 Å². The molecule has 0 aliphatic carbocycles. The molecule has 0 radical (unpaired) electrons. The van der Waals surface area contributed by atoms with Gasteiger partial charge in [0.05, 0.1) is 5.69 Å². The van der Waals surface area contributed by atoms with E-state index in [0.29, 0.717) is 0 Å². The van der Waals surface area contributed by atoms with Crippen LogP contribution in [0.5, 0.6) is 0 Å². The molecule has 326 valence electrons. The molecule has 1 heterocycles. The van der Waals surface area contributed by atoms with Crippen molar-refractivity contribution in [1.82, 2.24) is 0 Å². The van der Waals surface area contributed by atoms with Gasteiger partial charge in [0.2, 0.25) is 0 Å². The van der Waals surface area contributed by atoms with Crippen LogP contribution in [0.4, 0.5) is 17.1 Å². The van der Waals surface area contributed by atoms with Gasteiger partial charge in [-0.3, -0.25) is 0 Å². The Balaban J connectivity index is 1.04. The molecule has 2 heteroatoms. The fourth-order valence-electron chi connectivity index (χ4n) is 11.0. The first-order chi connectivity index (χ1) is 34.7. The lowest BCUT2D eigenvalue weighted by Gasteiger charge is -2.27. The van der Waals surface area contributed by atoms with Crippen molar-refractivity contribution < 1.29 is 4.42 Å². The van der Waals surface area contributed by atoms with Gasteiger partial charge >= 0.3 is 0 Å². The van der Waals surface area contributed by atoms with Crippen LogP contribution < -0.4 is 4.90 Å². The van der Waals surface area contributed by atoms with Crippen molar-refractivity contribution in [2.75, 3.05) is 4.90 Å². The van der Waals surface area contributed by atoms with Gasteiger partial charge < -0.3 is 9.32 Å². The number of fused-ring (bicyclic) bond motifs is 11. The zero-order chi connectivity index (χ0) is 46.1. The Labute approximate surface area is 405 Å². The maximum atomic E-state index is 7.22. The van der Waals surface area contributed by atoms with Crippen LogP contribution in [0.25, 0.3) is 120 Å². The second-order valence-corrected chi connectivity index (χ2v) is 18.4. The molecule has 0 saturated carbocycles. The highest BCUT2D eigenvalue weighted by Gasteiger charge is 2.23. The lowest BCUT2D eigenvalue weighted by molar-refractivity contribution is 0.669. The summed E-state index contributed by atoms with van der Waals surface area (Å²) in [5.74, 6) is 0. The van der Waals surface area contributed by atoms with E-state index in [1.807, 2.05) is 0 Å². The monoisotopic (exact) mass is 889 g/mol. The molecular formula is C68H43NO. The molecule has 0 N–H and O–H groups in total. The molecule has 0 spiro atoms. The average Bonchev–Trinajstić information content (AvgIpc) is 3.82. The molecule has 13 aromatic carbocycles. The number of hydrogen-bond acceptors (Lipinski definition) is 2. The average molecular weight is 890 g/mol. The normalized spacial score (nSPS) is 11.7. The first-order valence-electron chi connectivity index (χ1n) is 24.1. The Morgan fingerprint density at radius 3 is 1.39 bits per heavy atom. The van der Waals surface area contributed by atoms with Crippen LogP contribution in [0.3, 0.4) is 0 Å². The predicted molar refractivity (Wildman–Crippen MR) is 298 cm³/mol. The second kappa shape index (κ2) is 16.2. The van der Waals surface area contributed by atoms with E-state index in [4.69, 9.17) is 4.42 Å². The molecule has 14 aromatic rings. The van der Waals surface area contributed by atoms with Crippen LogP contribution in [0.1, 0.15) is 0 Å². The standard InChI is InChI=1S/C68H43NO/c1-2-17-46(18-3-1)56-21-8-9-22-57(56)51-33-35-63-64-27-14-28-66(68(64)70-67(63)42-51)69(54-34-36-62-60-25-11-10-23-58(60)59-24-12-13-26-61(59)65(62)43-54)55-40-52(49-31-29-44-15-4-6-19-47(44)37-49)39-53(41-55)50-32-30-45-16-5-7-20-48(45)38-50/h1-43H. The van der Waals surface area contributed by atoms with Gasteiger partial charge in [0.15, 0.2) is 5.58 Å². The van der Waals surface area contributed by atoms with E-state index in [1.54, 1.807) is 0 Å². The minimum atomic E-state index is 0.831. The van der Waals surface area contributed by atoms with Crippen molar-refractivity contribution in [1.29, 1.82) is 0 Å². The van der Waals surface area contributed by atoms with Gasteiger partial charge in [0.25, 0.3) is 0 Å². The summed E-state index contributed by atoms with van der Waals surface area (Å²) in [6, 6.07) is 95.2. The largest absolute Gasteiger partial charge is 0.454 e. The summed E-state index contributed by atoms with van der Waals surface area (Å²) < 4.78 is 7.22. The topological polar surface area (TPSA) is 16.4 Å². The van der Waals surface area contributed by atoms with Gasteiger partial charge in [-0.05, 0) is 159 Å². The van der Waals surface area contributed by atoms with Crippen LogP contribution in [0, 0.1) is 0 Å². The van der Waals surface area contributed by atoms with Crippen molar-refractivity contribution in [3.63, 3.8) is 0 Å². The molecule has 0 aliphatic rings. The number of para-hydroxylation sites is 1. The Morgan fingerprint density at radius 2 is 0.743 bits per heavy atom. The van der Waals surface area contributed by atoms with Gasteiger partial charge in [-0.25, -0.2) is 0 Å². The van der Waals surface area contributed by atoms with Gasteiger partial charge in [-0.1, -0.05) is 200 Å². The summed E-state index contributed by atoms with van der Waals surface area (Å²) in [5, 5.41) is 14.4. The van der Waals surface area contributed by atoms with Crippen molar-refractivity contribution in [3.8, 4) is 44.5 Å². The third-order valence-corrected chi connectivity index (χ3v) is 14.4. The fourth-order valence-corrected chi connectivity index (χ4v) is 11.0. The van der Waals surface area contributed by atoms with Gasteiger partial charge in [0, 0.05) is 22.1 Å². The Kier molecular flexibility index (Phi) is 9.25. The lowest BCUT2D eigenvalue weighted by atomic mass is 9.93. The van der Waals surface area contributed by atoms with E-state index in [9.17, 15) is 0 Å². The van der Waals surface area contributed by atoms with Crippen LogP contribution >= 0.6 is 0 Å². The van der Waals surface area contributed by atoms with E-state index >= 15 is 0 Å². The van der Waals surface area contributed by atoms with E-state index in [-0.39, 0.29) is 0 Å². The third kappa shape index (κ3) is 6.64. The van der Waals surface area contributed by atoms with Crippen molar-refractivity contribution >= 4 is 92.9 Å². The number of furan rings is 1. The lowest BCUT2D eigenvalue weighted by Crippen LogP contribution is -2.11. The minimum Gasteiger partial charge on any atom is -0.454 e. The number of benzene rings is 13. The summed E-state index contributed by atoms with van der Waals surface area (Å²) in [5.41, 5.74) is 13.9. The highest BCUT2D eigenvalue weighted by Crippen LogP contribution is 2.47. The SMILES string of the molecule is c1ccc(-c2ccccc2-c2ccc3c(c2)oc2c(N(c4cc(-c5ccc6ccccc6c5)cc(-c5ccc6ccccc6c5)c4)c4ccc5c6ccccc6c6ccccc6c5c4)cccc23)cc1. The second-order valence-electron chi connectivity index (χ2n) is 18.4. The molecule has 14 rings (SSSR count). The number of rotatable bonds is 7. The molecule has 0 bridgehead atoms. The van der Waals surface area contributed by atoms with Gasteiger partial charge in [-0.2, -0.15) is 0 Å². The molecule has 0 aliphatic heterocycles. The number of hydrogen-bond donors (Lipinski definition) is 0. The zero-order valence-corrected chi connectivity index (χ0v) is 38.2. The Bertz CT molecular complexity index is 4240. The molecule has 0 unspecified atom stereocenters. The molecule has 1 aromatic heterocycles. The van der Waals surface area contributed by atoms with Crippen molar-refractivity contribution in [2.45, 2.75) is 0 Å². The molecule has 0 saturated heterocycles. The molecule has 0 atom stereocenters. The summed E-state index contributed by atoms with van der Waals surface area (Å²) >= 11 is 0. The maximum absolute atomic E-state index is 7.22. The Morgan fingerprint density at radius 1 is 0.243 bits per heavy atom. The van der Waals surface area contributed by atoms with E-state index in [1.165, 1.54) is 70.6 Å². The molecular weight excluding hydrogens is 847 g/mol. The highest BCUT2D eigenvalue weighted by molar-refractivity contribution is 6.26. The van der Waals surface area contributed by atoms with E-state index < -0.39 is 0 Å². The Hall–Kier alpha value is -9.24.